The number of carbonyl (C=O) groups is 1. The van der Waals surface area contributed by atoms with Crippen LogP contribution >= 0.6 is 11.6 Å². The monoisotopic (exact) mass is 266 g/mol. The third kappa shape index (κ3) is 2.68. The number of rotatable bonds is 3. The molecule has 0 spiro atoms. The van der Waals surface area contributed by atoms with Crippen molar-refractivity contribution in [1.29, 1.82) is 0 Å². The van der Waals surface area contributed by atoms with E-state index >= 15 is 0 Å². The molecular formula is C12H11ClN2O3. The summed E-state index contributed by atoms with van der Waals surface area (Å²) in [5.74, 6) is -0.217. The van der Waals surface area contributed by atoms with E-state index in [9.17, 15) is 4.79 Å². The van der Waals surface area contributed by atoms with Crippen LogP contribution in [0.3, 0.4) is 0 Å². The summed E-state index contributed by atoms with van der Waals surface area (Å²) >= 11 is 5.87. The van der Waals surface area contributed by atoms with Crippen LogP contribution in [0, 0.1) is 0 Å². The molecule has 94 valence electrons. The lowest BCUT2D eigenvalue weighted by Crippen LogP contribution is -2.25. The fourth-order valence-corrected chi connectivity index (χ4v) is 1.59. The van der Waals surface area contributed by atoms with Crippen LogP contribution in [0.25, 0.3) is 11.0 Å². The number of nitrogens with zero attached hydrogens (tertiary/aromatic N) is 2. The van der Waals surface area contributed by atoms with E-state index in [1.165, 1.54) is 13.3 Å². The van der Waals surface area contributed by atoms with E-state index in [0.29, 0.717) is 16.1 Å². The molecule has 0 bridgehead atoms. The van der Waals surface area contributed by atoms with Crippen LogP contribution in [-0.4, -0.2) is 29.2 Å². The number of hydrogen-bond donors (Lipinski definition) is 0. The molecule has 0 aliphatic rings. The quantitative estimate of drug-likeness (QED) is 0.797. The van der Waals surface area contributed by atoms with Crippen LogP contribution in [0.1, 0.15) is 6.92 Å². The van der Waals surface area contributed by atoms with Crippen molar-refractivity contribution in [2.24, 2.45) is 0 Å². The smallest absolute Gasteiger partial charge is 0.346 e. The second-order valence-corrected chi connectivity index (χ2v) is 4.06. The van der Waals surface area contributed by atoms with E-state index in [1.54, 1.807) is 25.1 Å². The van der Waals surface area contributed by atoms with Crippen molar-refractivity contribution in [3.05, 3.63) is 29.4 Å². The third-order valence-electron chi connectivity index (χ3n) is 2.31. The zero-order valence-electron chi connectivity index (χ0n) is 9.88. The highest BCUT2D eigenvalue weighted by Crippen LogP contribution is 2.18. The van der Waals surface area contributed by atoms with Crippen molar-refractivity contribution in [2.45, 2.75) is 13.0 Å². The molecular weight excluding hydrogens is 256 g/mol. The van der Waals surface area contributed by atoms with Gasteiger partial charge in [-0.2, -0.15) is 0 Å². The highest BCUT2D eigenvalue weighted by Gasteiger charge is 2.15. The number of hydrogen-bond acceptors (Lipinski definition) is 5. The Labute approximate surface area is 109 Å². The maximum atomic E-state index is 11.2. The first-order valence-electron chi connectivity index (χ1n) is 5.27. The molecule has 5 nitrogen and oxygen atoms in total. The molecule has 1 aromatic carbocycles. The zero-order chi connectivity index (χ0) is 13.1. The number of fused-ring (bicyclic) bond motifs is 1. The van der Waals surface area contributed by atoms with Crippen LogP contribution in [-0.2, 0) is 9.53 Å². The van der Waals surface area contributed by atoms with Crippen LogP contribution in [0.4, 0.5) is 0 Å². The third-order valence-corrected chi connectivity index (χ3v) is 2.55. The largest absolute Gasteiger partial charge is 0.466 e. The minimum atomic E-state index is -0.735. The van der Waals surface area contributed by atoms with Crippen LogP contribution in [0.2, 0.25) is 5.02 Å². The van der Waals surface area contributed by atoms with Gasteiger partial charge in [0.25, 0.3) is 0 Å². The predicted molar refractivity (Wildman–Crippen MR) is 66.7 cm³/mol. The molecule has 0 saturated heterocycles. The lowest BCUT2D eigenvalue weighted by atomic mass is 10.3. The molecule has 1 atom stereocenters. The Hall–Kier alpha value is -1.88. The zero-order valence-corrected chi connectivity index (χ0v) is 10.6. The van der Waals surface area contributed by atoms with Crippen molar-refractivity contribution < 1.29 is 14.3 Å². The fourth-order valence-electron chi connectivity index (χ4n) is 1.42. The Kier molecular flexibility index (Phi) is 3.62. The summed E-state index contributed by atoms with van der Waals surface area (Å²) in [5, 5.41) is 0.565. The normalized spacial score (nSPS) is 12.2. The number of carbonyl (C=O) groups excluding carboxylic acids is 1. The Morgan fingerprint density at radius 3 is 2.89 bits per heavy atom. The lowest BCUT2D eigenvalue weighted by Gasteiger charge is -2.11. The maximum Gasteiger partial charge on any atom is 0.346 e. The van der Waals surface area contributed by atoms with Gasteiger partial charge in [-0.3, -0.25) is 0 Å². The second-order valence-electron chi connectivity index (χ2n) is 3.62. The summed E-state index contributed by atoms with van der Waals surface area (Å²) in [6.07, 6.45) is 0.719. The van der Waals surface area contributed by atoms with Crippen molar-refractivity contribution in [2.75, 3.05) is 7.11 Å². The summed E-state index contributed by atoms with van der Waals surface area (Å²) in [5.41, 5.74) is 1.31. The van der Waals surface area contributed by atoms with Crippen molar-refractivity contribution >= 4 is 28.6 Å². The lowest BCUT2D eigenvalue weighted by molar-refractivity contribution is -0.148. The highest BCUT2D eigenvalue weighted by atomic mass is 35.5. The summed E-state index contributed by atoms with van der Waals surface area (Å²) < 4.78 is 9.88. The van der Waals surface area contributed by atoms with Gasteiger partial charge in [-0.25, -0.2) is 14.8 Å². The van der Waals surface area contributed by atoms with Gasteiger partial charge in [0.15, 0.2) is 6.10 Å². The molecule has 2 aromatic rings. The fraction of sp³-hybridized carbons (Fsp3) is 0.250. The summed E-state index contributed by atoms with van der Waals surface area (Å²) in [6, 6.07) is 5.17. The average Bonchev–Trinajstić information content (AvgIpc) is 2.37. The molecule has 0 amide bonds. The summed E-state index contributed by atoms with van der Waals surface area (Å²) in [7, 11) is 1.30. The van der Waals surface area contributed by atoms with E-state index in [0.717, 1.165) is 0 Å². The molecule has 0 N–H and O–H groups in total. The molecule has 0 fully saturated rings. The van der Waals surface area contributed by atoms with E-state index in [-0.39, 0.29) is 5.88 Å². The molecule has 0 aliphatic carbocycles. The molecule has 2 rings (SSSR count). The maximum absolute atomic E-state index is 11.2. The Morgan fingerprint density at radius 2 is 2.17 bits per heavy atom. The summed E-state index contributed by atoms with van der Waals surface area (Å²) in [6.45, 7) is 1.58. The topological polar surface area (TPSA) is 61.3 Å². The van der Waals surface area contributed by atoms with Crippen LogP contribution in [0.15, 0.2) is 24.4 Å². The summed E-state index contributed by atoms with van der Waals surface area (Å²) in [4.78, 5) is 19.6. The first kappa shape index (κ1) is 12.6. The van der Waals surface area contributed by atoms with E-state index < -0.39 is 12.1 Å². The molecule has 0 aliphatic heterocycles. The van der Waals surface area contributed by atoms with Crippen molar-refractivity contribution in [1.82, 2.24) is 9.97 Å². The standard InChI is InChI=1S/C12H11ClN2O3/c1-7(12(16)17-2)18-11-6-14-9-4-3-8(13)5-10(9)15-11/h3-7H,1-2H3. The Morgan fingerprint density at radius 1 is 1.39 bits per heavy atom. The van der Waals surface area contributed by atoms with E-state index in [1.807, 2.05) is 0 Å². The first-order valence-corrected chi connectivity index (χ1v) is 5.65. The van der Waals surface area contributed by atoms with Gasteiger partial charge in [-0.15, -0.1) is 0 Å². The van der Waals surface area contributed by atoms with E-state index in [4.69, 9.17) is 16.3 Å². The number of esters is 1. The number of methoxy groups -OCH3 is 1. The SMILES string of the molecule is COC(=O)C(C)Oc1cnc2ccc(Cl)cc2n1. The molecule has 0 saturated carbocycles. The van der Waals surface area contributed by atoms with Crippen LogP contribution < -0.4 is 4.74 Å². The number of ether oxygens (including phenoxy) is 2. The van der Waals surface area contributed by atoms with Crippen molar-refractivity contribution in [3.8, 4) is 5.88 Å². The first-order chi connectivity index (χ1) is 8.60. The van der Waals surface area contributed by atoms with Gasteiger partial charge in [0.05, 0.1) is 24.3 Å². The van der Waals surface area contributed by atoms with Crippen LogP contribution in [0.5, 0.6) is 5.88 Å². The second kappa shape index (κ2) is 5.18. The number of halogens is 1. The molecule has 0 radical (unpaired) electrons. The van der Waals surface area contributed by atoms with Gasteiger partial charge < -0.3 is 9.47 Å². The average molecular weight is 267 g/mol. The van der Waals surface area contributed by atoms with Gasteiger partial charge in [0.2, 0.25) is 5.88 Å². The molecule has 18 heavy (non-hydrogen) atoms. The van der Waals surface area contributed by atoms with E-state index in [2.05, 4.69) is 14.7 Å². The molecule has 1 aromatic heterocycles. The minimum Gasteiger partial charge on any atom is -0.466 e. The van der Waals surface area contributed by atoms with Gasteiger partial charge in [0.1, 0.15) is 0 Å². The van der Waals surface area contributed by atoms with Gasteiger partial charge in [-0.1, -0.05) is 11.6 Å². The Balaban J connectivity index is 2.27. The van der Waals surface area contributed by atoms with Crippen molar-refractivity contribution in [3.63, 3.8) is 0 Å². The van der Waals surface area contributed by atoms with Gasteiger partial charge in [0, 0.05) is 5.02 Å². The molecule has 6 heteroatoms. The number of benzene rings is 1. The highest BCUT2D eigenvalue weighted by molar-refractivity contribution is 6.31. The Bertz CT molecular complexity index is 589. The number of aromatic nitrogens is 2. The molecule has 1 unspecified atom stereocenters. The molecule has 1 heterocycles. The van der Waals surface area contributed by atoms with Gasteiger partial charge >= 0.3 is 5.97 Å². The minimum absolute atomic E-state index is 0.252. The van der Waals surface area contributed by atoms with Gasteiger partial charge in [-0.05, 0) is 25.1 Å². The predicted octanol–water partition coefficient (Wildman–Crippen LogP) is 2.22.